The predicted molar refractivity (Wildman–Crippen MR) is 90.3 cm³/mol. The molecule has 0 saturated heterocycles. The van der Waals surface area contributed by atoms with E-state index in [0.717, 1.165) is 16.6 Å². The molecule has 1 aromatic rings. The molecular formula is C17H25BrN2O. The number of hydrogen-bond donors (Lipinski definition) is 2. The lowest BCUT2D eigenvalue weighted by Crippen LogP contribution is -2.37. The normalized spacial score (nSPS) is 16.4. The van der Waals surface area contributed by atoms with Gasteiger partial charge in [0.2, 0.25) is 5.91 Å². The summed E-state index contributed by atoms with van der Waals surface area (Å²) in [5.41, 5.74) is 1.05. The Kier molecular flexibility index (Phi) is 7.24. The van der Waals surface area contributed by atoms with Crippen molar-refractivity contribution in [3.8, 4) is 0 Å². The number of nitrogens with one attached hydrogen (secondary N) is 2. The minimum atomic E-state index is 0.0972. The van der Waals surface area contributed by atoms with E-state index in [4.69, 9.17) is 0 Å². The van der Waals surface area contributed by atoms with E-state index in [-0.39, 0.29) is 5.91 Å². The molecule has 0 bridgehead atoms. The van der Waals surface area contributed by atoms with E-state index in [0.29, 0.717) is 19.0 Å². The van der Waals surface area contributed by atoms with Crippen molar-refractivity contribution >= 4 is 21.8 Å². The van der Waals surface area contributed by atoms with Crippen molar-refractivity contribution < 1.29 is 4.79 Å². The molecule has 1 aromatic carbocycles. The maximum absolute atomic E-state index is 11.9. The van der Waals surface area contributed by atoms with Gasteiger partial charge in [-0.25, -0.2) is 0 Å². The van der Waals surface area contributed by atoms with Crippen LogP contribution in [0.1, 0.15) is 44.1 Å². The van der Waals surface area contributed by atoms with Crippen molar-refractivity contribution in [3.63, 3.8) is 0 Å². The minimum absolute atomic E-state index is 0.0972. The highest BCUT2D eigenvalue weighted by atomic mass is 79.9. The van der Waals surface area contributed by atoms with Crippen molar-refractivity contribution in [2.75, 3.05) is 13.1 Å². The standard InChI is InChI=1S/C17H25BrN2O/c18-15-9-7-14(8-10-15)13-17(21)20-12-11-19-16-5-3-1-2-4-6-16/h7-10,16,19H,1-6,11-13H2,(H,20,21). The lowest BCUT2D eigenvalue weighted by atomic mass is 10.1. The maximum atomic E-state index is 11.9. The van der Waals surface area contributed by atoms with Gasteiger partial charge in [0.25, 0.3) is 0 Å². The second-order valence-corrected chi connectivity index (χ2v) is 6.71. The quantitative estimate of drug-likeness (QED) is 0.608. The lowest BCUT2D eigenvalue weighted by molar-refractivity contribution is -0.120. The van der Waals surface area contributed by atoms with Gasteiger partial charge in [-0.05, 0) is 30.5 Å². The zero-order chi connectivity index (χ0) is 14.9. The Morgan fingerprint density at radius 2 is 1.71 bits per heavy atom. The third-order valence-electron chi connectivity index (χ3n) is 4.01. The molecule has 1 saturated carbocycles. The second-order valence-electron chi connectivity index (χ2n) is 5.80. The van der Waals surface area contributed by atoms with E-state index >= 15 is 0 Å². The third kappa shape index (κ3) is 6.62. The van der Waals surface area contributed by atoms with E-state index in [1.807, 2.05) is 24.3 Å². The van der Waals surface area contributed by atoms with Gasteiger partial charge in [-0.15, -0.1) is 0 Å². The molecule has 0 atom stereocenters. The Morgan fingerprint density at radius 1 is 1.05 bits per heavy atom. The van der Waals surface area contributed by atoms with E-state index in [2.05, 4.69) is 26.6 Å². The molecule has 0 spiro atoms. The molecule has 1 aliphatic carbocycles. The molecule has 0 radical (unpaired) electrons. The molecule has 21 heavy (non-hydrogen) atoms. The Morgan fingerprint density at radius 3 is 2.38 bits per heavy atom. The molecule has 4 heteroatoms. The van der Waals surface area contributed by atoms with Gasteiger partial charge in [-0.2, -0.15) is 0 Å². The number of halogens is 1. The Bertz CT molecular complexity index is 425. The van der Waals surface area contributed by atoms with Crippen LogP contribution in [-0.4, -0.2) is 25.0 Å². The fourth-order valence-electron chi connectivity index (χ4n) is 2.81. The van der Waals surface area contributed by atoms with Gasteiger partial charge in [0.05, 0.1) is 6.42 Å². The average molecular weight is 353 g/mol. The fourth-order valence-corrected chi connectivity index (χ4v) is 3.08. The van der Waals surface area contributed by atoms with E-state index in [9.17, 15) is 4.79 Å². The summed E-state index contributed by atoms with van der Waals surface area (Å²) < 4.78 is 1.04. The molecular weight excluding hydrogens is 328 g/mol. The molecule has 116 valence electrons. The molecule has 3 nitrogen and oxygen atoms in total. The number of carbonyl (C=O) groups excluding carboxylic acids is 1. The summed E-state index contributed by atoms with van der Waals surface area (Å²) in [5, 5.41) is 6.56. The molecule has 1 amide bonds. The minimum Gasteiger partial charge on any atom is -0.355 e. The highest BCUT2D eigenvalue weighted by molar-refractivity contribution is 9.10. The molecule has 1 aliphatic rings. The number of benzene rings is 1. The van der Waals surface area contributed by atoms with Crippen LogP contribution < -0.4 is 10.6 Å². The fraction of sp³-hybridized carbons (Fsp3) is 0.588. The summed E-state index contributed by atoms with van der Waals surface area (Å²) in [4.78, 5) is 11.9. The summed E-state index contributed by atoms with van der Waals surface area (Å²) in [6.07, 6.45) is 8.46. The van der Waals surface area contributed by atoms with Crippen molar-refractivity contribution in [2.24, 2.45) is 0 Å². The third-order valence-corrected chi connectivity index (χ3v) is 4.54. The van der Waals surface area contributed by atoms with Gasteiger partial charge in [0, 0.05) is 23.6 Å². The van der Waals surface area contributed by atoms with Crippen molar-refractivity contribution in [1.82, 2.24) is 10.6 Å². The van der Waals surface area contributed by atoms with Crippen LogP contribution in [0.25, 0.3) is 0 Å². The van der Waals surface area contributed by atoms with E-state index < -0.39 is 0 Å². The SMILES string of the molecule is O=C(Cc1ccc(Br)cc1)NCCNC1CCCCCC1. The summed E-state index contributed by atoms with van der Waals surface area (Å²) >= 11 is 3.40. The van der Waals surface area contributed by atoms with Crippen molar-refractivity contribution in [2.45, 2.75) is 51.0 Å². The first-order chi connectivity index (χ1) is 10.2. The smallest absolute Gasteiger partial charge is 0.224 e. The first-order valence-electron chi connectivity index (χ1n) is 7.98. The largest absolute Gasteiger partial charge is 0.355 e. The van der Waals surface area contributed by atoms with Gasteiger partial charge < -0.3 is 10.6 Å². The van der Waals surface area contributed by atoms with Gasteiger partial charge in [0.1, 0.15) is 0 Å². The highest BCUT2D eigenvalue weighted by Crippen LogP contribution is 2.16. The summed E-state index contributed by atoms with van der Waals surface area (Å²) in [6, 6.07) is 8.55. The zero-order valence-corrected chi connectivity index (χ0v) is 14.1. The van der Waals surface area contributed by atoms with Crippen molar-refractivity contribution in [3.05, 3.63) is 34.3 Å². The predicted octanol–water partition coefficient (Wildman–Crippen LogP) is 3.42. The van der Waals surface area contributed by atoms with Crippen LogP contribution in [0.3, 0.4) is 0 Å². The lowest BCUT2D eigenvalue weighted by Gasteiger charge is -2.16. The summed E-state index contributed by atoms with van der Waals surface area (Å²) in [5.74, 6) is 0.0972. The molecule has 2 N–H and O–H groups in total. The summed E-state index contributed by atoms with van der Waals surface area (Å²) in [7, 11) is 0. The average Bonchev–Trinajstić information content (AvgIpc) is 2.75. The van der Waals surface area contributed by atoms with Crippen LogP contribution in [0.15, 0.2) is 28.7 Å². The Hall–Kier alpha value is -0.870. The van der Waals surface area contributed by atoms with Gasteiger partial charge in [0.15, 0.2) is 0 Å². The monoisotopic (exact) mass is 352 g/mol. The number of carbonyl (C=O) groups is 1. The maximum Gasteiger partial charge on any atom is 0.224 e. The molecule has 0 heterocycles. The molecule has 0 aliphatic heterocycles. The van der Waals surface area contributed by atoms with Gasteiger partial charge >= 0.3 is 0 Å². The van der Waals surface area contributed by atoms with Crippen LogP contribution in [0.5, 0.6) is 0 Å². The van der Waals surface area contributed by atoms with Crippen LogP contribution in [0.2, 0.25) is 0 Å². The first-order valence-corrected chi connectivity index (χ1v) is 8.78. The zero-order valence-electron chi connectivity index (χ0n) is 12.5. The van der Waals surface area contributed by atoms with Crippen LogP contribution in [0.4, 0.5) is 0 Å². The molecule has 1 fully saturated rings. The molecule has 0 aromatic heterocycles. The number of hydrogen-bond acceptors (Lipinski definition) is 2. The highest BCUT2D eigenvalue weighted by Gasteiger charge is 2.11. The molecule has 0 unspecified atom stereocenters. The Labute approximate surface area is 136 Å². The number of amides is 1. The van der Waals surface area contributed by atoms with E-state index in [1.54, 1.807) is 0 Å². The number of rotatable bonds is 6. The van der Waals surface area contributed by atoms with Crippen LogP contribution in [-0.2, 0) is 11.2 Å². The topological polar surface area (TPSA) is 41.1 Å². The van der Waals surface area contributed by atoms with Crippen LogP contribution >= 0.6 is 15.9 Å². The first kappa shape index (κ1) is 16.5. The summed E-state index contributed by atoms with van der Waals surface area (Å²) in [6.45, 7) is 1.59. The Balaban J connectivity index is 1.59. The van der Waals surface area contributed by atoms with Crippen molar-refractivity contribution in [1.29, 1.82) is 0 Å². The molecule has 2 rings (SSSR count). The van der Waals surface area contributed by atoms with Gasteiger partial charge in [-0.3, -0.25) is 4.79 Å². The van der Waals surface area contributed by atoms with E-state index in [1.165, 1.54) is 38.5 Å². The van der Waals surface area contributed by atoms with Crippen LogP contribution in [0, 0.1) is 0 Å². The second kappa shape index (κ2) is 9.21. The van der Waals surface area contributed by atoms with Gasteiger partial charge in [-0.1, -0.05) is 53.7 Å².